The largest absolute Gasteiger partial charge is 0.456 e. The molecule has 3 aromatic heterocycles. The van der Waals surface area contributed by atoms with E-state index < -0.39 is 11.6 Å². The molecule has 2 aliphatic carbocycles. The van der Waals surface area contributed by atoms with E-state index in [-0.39, 0.29) is 5.57 Å². The van der Waals surface area contributed by atoms with Crippen molar-refractivity contribution >= 4 is 66.8 Å². The van der Waals surface area contributed by atoms with Crippen LogP contribution in [0.1, 0.15) is 56.4 Å². The van der Waals surface area contributed by atoms with Gasteiger partial charge in [-0.15, -0.1) is 34.0 Å². The number of nitrogens with zero attached hydrogens (tertiary/aromatic N) is 2. The topological polar surface area (TPSA) is 53.3 Å². The first-order chi connectivity index (χ1) is 21.3. The van der Waals surface area contributed by atoms with Gasteiger partial charge in [-0.2, -0.15) is 5.26 Å². The summed E-state index contributed by atoms with van der Waals surface area (Å²) in [6.07, 6.45) is 5.79. The predicted octanol–water partition coefficient (Wildman–Crippen LogP) is 10.6. The maximum atomic E-state index is 12.4. The molecule has 4 nitrogen and oxygen atoms in total. The third-order valence-corrected chi connectivity index (χ3v) is 12.8. The van der Waals surface area contributed by atoms with Crippen molar-refractivity contribution in [2.75, 3.05) is 4.90 Å². The molecule has 4 unspecified atom stereocenters. The van der Waals surface area contributed by atoms with Gasteiger partial charge >= 0.3 is 5.97 Å². The fourth-order valence-electron chi connectivity index (χ4n) is 7.60. The predicted molar refractivity (Wildman–Crippen MR) is 184 cm³/mol. The Morgan fingerprint density at radius 3 is 2.43 bits per heavy atom. The lowest BCUT2D eigenvalue weighted by Gasteiger charge is -2.33. The molecule has 0 amide bonds. The third-order valence-electron chi connectivity index (χ3n) is 9.26. The van der Waals surface area contributed by atoms with E-state index in [1.165, 1.54) is 50.8 Å². The van der Waals surface area contributed by atoms with E-state index >= 15 is 0 Å². The van der Waals surface area contributed by atoms with Gasteiger partial charge in [-0.25, -0.2) is 4.79 Å². The van der Waals surface area contributed by atoms with Crippen molar-refractivity contribution in [1.82, 2.24) is 0 Å². The van der Waals surface area contributed by atoms with Crippen LogP contribution in [-0.4, -0.2) is 17.6 Å². The van der Waals surface area contributed by atoms with Crippen LogP contribution in [0, 0.1) is 23.2 Å². The molecule has 0 saturated heterocycles. The lowest BCUT2D eigenvalue weighted by molar-refractivity contribution is -0.149. The monoisotopic (exact) mass is 632 g/mol. The highest BCUT2D eigenvalue weighted by atomic mass is 32.1. The number of esters is 1. The molecule has 4 heterocycles. The molecule has 8 rings (SSSR count). The molecule has 2 fully saturated rings. The molecular formula is C37H32N2O2S3. The lowest BCUT2D eigenvalue weighted by Crippen LogP contribution is -2.35. The minimum atomic E-state index is -0.641. The van der Waals surface area contributed by atoms with Crippen LogP contribution in [0.25, 0.3) is 35.7 Å². The van der Waals surface area contributed by atoms with Crippen molar-refractivity contribution in [3.63, 3.8) is 0 Å². The minimum Gasteiger partial charge on any atom is -0.456 e. The van der Waals surface area contributed by atoms with Crippen LogP contribution in [0.5, 0.6) is 0 Å². The SMILES string of the molecule is CC(C)(C)OC(=O)/C(C#N)=C/c1cc2sc(-c3ccc(-c4ccc(N5c6ccccc6C6C7CCC(C7)C65)cc4)s3)cc2s1. The van der Waals surface area contributed by atoms with E-state index in [9.17, 15) is 10.1 Å². The second-order valence-electron chi connectivity index (χ2n) is 13.1. The van der Waals surface area contributed by atoms with Gasteiger partial charge in [-0.05, 0) is 112 Å². The van der Waals surface area contributed by atoms with Crippen molar-refractivity contribution in [2.45, 2.75) is 57.6 Å². The first-order valence-corrected chi connectivity index (χ1v) is 17.7. The first kappa shape index (κ1) is 27.8. The molecule has 2 bridgehead atoms. The van der Waals surface area contributed by atoms with Gasteiger partial charge in [0, 0.05) is 52.2 Å². The molecule has 0 spiro atoms. The summed E-state index contributed by atoms with van der Waals surface area (Å²) < 4.78 is 7.69. The average molecular weight is 633 g/mol. The molecule has 0 N–H and O–H groups in total. The summed E-state index contributed by atoms with van der Waals surface area (Å²) in [6.45, 7) is 5.40. The first-order valence-electron chi connectivity index (χ1n) is 15.2. The molecule has 220 valence electrons. The van der Waals surface area contributed by atoms with E-state index in [4.69, 9.17) is 4.74 Å². The van der Waals surface area contributed by atoms with Crippen molar-refractivity contribution in [3.8, 4) is 26.3 Å². The summed E-state index contributed by atoms with van der Waals surface area (Å²) in [5.41, 5.74) is 4.91. The number of anilines is 2. The minimum absolute atomic E-state index is 0.0206. The van der Waals surface area contributed by atoms with Gasteiger partial charge in [-0.1, -0.05) is 30.3 Å². The lowest BCUT2D eigenvalue weighted by atomic mass is 9.82. The van der Waals surface area contributed by atoms with E-state index in [1.54, 1.807) is 55.1 Å². The molecule has 3 aliphatic rings. The van der Waals surface area contributed by atoms with Crippen LogP contribution in [0.2, 0.25) is 0 Å². The number of ether oxygens (including phenoxy) is 1. The number of nitriles is 1. The number of carbonyl (C=O) groups is 1. The molecule has 2 saturated carbocycles. The second-order valence-corrected chi connectivity index (χ2v) is 16.4. The van der Waals surface area contributed by atoms with Gasteiger partial charge in [0.2, 0.25) is 0 Å². The Bertz CT molecular complexity index is 1950. The Morgan fingerprint density at radius 2 is 1.66 bits per heavy atom. The number of rotatable bonds is 5. The van der Waals surface area contributed by atoms with Gasteiger partial charge in [0.1, 0.15) is 17.2 Å². The van der Waals surface area contributed by atoms with Crippen LogP contribution < -0.4 is 4.90 Å². The third kappa shape index (κ3) is 4.72. The molecule has 5 aromatic rings. The van der Waals surface area contributed by atoms with E-state index in [0.717, 1.165) is 26.1 Å². The van der Waals surface area contributed by atoms with Gasteiger partial charge in [0.25, 0.3) is 0 Å². The maximum absolute atomic E-state index is 12.4. The highest BCUT2D eigenvalue weighted by Crippen LogP contribution is 2.62. The Balaban J connectivity index is 1.02. The van der Waals surface area contributed by atoms with Crippen LogP contribution in [0.15, 0.2) is 78.4 Å². The van der Waals surface area contributed by atoms with Gasteiger partial charge in [0.15, 0.2) is 0 Å². The zero-order valence-corrected chi connectivity index (χ0v) is 27.3. The number of thiophene rings is 3. The number of hydrogen-bond acceptors (Lipinski definition) is 7. The Labute approximate surface area is 269 Å². The van der Waals surface area contributed by atoms with E-state index in [1.807, 2.05) is 17.4 Å². The van der Waals surface area contributed by atoms with Gasteiger partial charge < -0.3 is 9.64 Å². The Kier molecular flexibility index (Phi) is 6.60. The maximum Gasteiger partial charge on any atom is 0.349 e. The van der Waals surface area contributed by atoms with Crippen molar-refractivity contribution < 1.29 is 9.53 Å². The summed E-state index contributed by atoms with van der Waals surface area (Å²) in [6, 6.07) is 29.7. The van der Waals surface area contributed by atoms with Crippen LogP contribution in [0.4, 0.5) is 11.4 Å². The van der Waals surface area contributed by atoms with Crippen LogP contribution in [0.3, 0.4) is 0 Å². The molecule has 7 heteroatoms. The number of carbonyl (C=O) groups excluding carboxylic acids is 1. The standard InChI is InChI=1S/C37H32N2O2S3/c1-37(2,3)41-36(40)24(20-38)17-26-18-31-33(42-26)19-32(44-31)30-15-14-29(43-30)21-10-12-25(13-11-21)39-28-7-5-4-6-27(28)34-22-8-9-23(16-22)35(34)39/h4-7,10-15,17-19,22-23,34-35H,8-9,16H2,1-3H3/b24-17+. The van der Waals surface area contributed by atoms with Crippen molar-refractivity contribution in [1.29, 1.82) is 5.26 Å². The zero-order valence-electron chi connectivity index (χ0n) is 24.9. The summed E-state index contributed by atoms with van der Waals surface area (Å²) in [5.74, 6) is 1.76. The zero-order chi connectivity index (χ0) is 30.2. The molecular weight excluding hydrogens is 601 g/mol. The van der Waals surface area contributed by atoms with Crippen LogP contribution >= 0.6 is 34.0 Å². The summed E-state index contributed by atoms with van der Waals surface area (Å²) in [7, 11) is 0. The fourth-order valence-corrected chi connectivity index (χ4v) is 11.0. The second kappa shape index (κ2) is 10.4. The van der Waals surface area contributed by atoms with Gasteiger partial charge in [-0.3, -0.25) is 0 Å². The average Bonchev–Trinajstić information content (AvgIpc) is 3.83. The molecule has 2 aromatic carbocycles. The van der Waals surface area contributed by atoms with E-state index in [2.05, 4.69) is 77.7 Å². The number of fused-ring (bicyclic) bond motifs is 8. The summed E-state index contributed by atoms with van der Waals surface area (Å²) in [4.78, 5) is 19.7. The fraction of sp³-hybridized carbons (Fsp3) is 0.297. The van der Waals surface area contributed by atoms with Crippen LogP contribution in [-0.2, 0) is 9.53 Å². The highest BCUT2D eigenvalue weighted by Gasteiger charge is 2.55. The molecule has 44 heavy (non-hydrogen) atoms. The number of para-hydroxylation sites is 1. The Morgan fingerprint density at radius 1 is 0.909 bits per heavy atom. The number of hydrogen-bond donors (Lipinski definition) is 0. The summed E-state index contributed by atoms with van der Waals surface area (Å²) in [5, 5.41) is 9.52. The Hall–Kier alpha value is -3.70. The quantitative estimate of drug-likeness (QED) is 0.110. The molecule has 4 atom stereocenters. The highest BCUT2D eigenvalue weighted by molar-refractivity contribution is 7.31. The summed E-state index contributed by atoms with van der Waals surface area (Å²) >= 11 is 5.16. The van der Waals surface area contributed by atoms with E-state index in [0.29, 0.717) is 12.0 Å². The van der Waals surface area contributed by atoms with Crippen molar-refractivity contribution in [2.24, 2.45) is 11.8 Å². The normalized spacial score (nSPS) is 22.3. The molecule has 0 radical (unpaired) electrons. The van der Waals surface area contributed by atoms with Gasteiger partial charge in [0.05, 0.1) is 0 Å². The number of benzene rings is 2. The van der Waals surface area contributed by atoms with Crippen molar-refractivity contribution in [3.05, 3.63) is 88.8 Å². The molecule has 1 aliphatic heterocycles. The smallest absolute Gasteiger partial charge is 0.349 e.